The zero-order chi connectivity index (χ0) is 16.6. The lowest BCUT2D eigenvalue weighted by Gasteiger charge is -2.06. The second-order valence-corrected chi connectivity index (χ2v) is 7.11. The van der Waals surface area contributed by atoms with Crippen LogP contribution in [-0.2, 0) is 4.79 Å². The third kappa shape index (κ3) is 3.12. The third-order valence-corrected chi connectivity index (χ3v) is 4.97. The first-order chi connectivity index (χ1) is 10.9. The highest BCUT2D eigenvalue weighted by molar-refractivity contribution is 6.53. The van der Waals surface area contributed by atoms with E-state index in [1.807, 2.05) is 30.3 Å². The van der Waals surface area contributed by atoms with E-state index in [-0.39, 0.29) is 17.6 Å². The van der Waals surface area contributed by atoms with E-state index in [2.05, 4.69) is 5.32 Å². The van der Waals surface area contributed by atoms with Gasteiger partial charge >= 0.3 is 0 Å². The van der Waals surface area contributed by atoms with Crippen molar-refractivity contribution in [3.05, 3.63) is 65.7 Å². The number of alkyl halides is 2. The van der Waals surface area contributed by atoms with Crippen LogP contribution in [0.25, 0.3) is 0 Å². The molecule has 1 aliphatic rings. The minimum absolute atomic E-state index is 0.0567. The standard InChI is InChI=1S/C18H15Cl2NO2/c1-11(22)13-8-5-9-14(10-13)21-17(23)16-15(18(16,19)20)12-6-3-2-4-7-12/h2-10,15-16H,1H3,(H,21,23)/t15-,16-/m1/s1. The number of carbonyl (C=O) groups excluding carboxylic acids is 2. The molecule has 0 spiro atoms. The van der Waals surface area contributed by atoms with Gasteiger partial charge in [0.1, 0.15) is 4.33 Å². The van der Waals surface area contributed by atoms with Crippen LogP contribution in [0.4, 0.5) is 5.69 Å². The summed E-state index contributed by atoms with van der Waals surface area (Å²) in [4.78, 5) is 23.9. The monoisotopic (exact) mass is 347 g/mol. The van der Waals surface area contributed by atoms with Crippen LogP contribution < -0.4 is 5.32 Å². The maximum Gasteiger partial charge on any atom is 0.231 e. The number of ketones is 1. The number of carbonyl (C=O) groups is 2. The van der Waals surface area contributed by atoms with Crippen molar-refractivity contribution in [1.29, 1.82) is 0 Å². The van der Waals surface area contributed by atoms with Gasteiger partial charge in [-0.2, -0.15) is 0 Å². The second-order valence-electron chi connectivity index (χ2n) is 5.67. The molecule has 1 saturated carbocycles. The van der Waals surface area contributed by atoms with Gasteiger partial charge in [0.25, 0.3) is 0 Å². The summed E-state index contributed by atoms with van der Waals surface area (Å²) in [6, 6.07) is 16.3. The van der Waals surface area contributed by atoms with Crippen molar-refractivity contribution in [3.8, 4) is 0 Å². The van der Waals surface area contributed by atoms with Gasteiger partial charge in [0, 0.05) is 17.2 Å². The molecule has 3 nitrogen and oxygen atoms in total. The molecule has 2 aromatic carbocycles. The maximum absolute atomic E-state index is 12.5. The lowest BCUT2D eigenvalue weighted by Crippen LogP contribution is -2.17. The Morgan fingerprint density at radius 1 is 1.04 bits per heavy atom. The molecule has 0 radical (unpaired) electrons. The number of hydrogen-bond donors (Lipinski definition) is 1. The molecule has 118 valence electrons. The number of hydrogen-bond acceptors (Lipinski definition) is 2. The number of nitrogens with one attached hydrogen (secondary N) is 1. The maximum atomic E-state index is 12.5. The van der Waals surface area contributed by atoms with Gasteiger partial charge in [0.05, 0.1) is 5.92 Å². The number of anilines is 1. The molecule has 1 fully saturated rings. The van der Waals surface area contributed by atoms with Crippen LogP contribution >= 0.6 is 23.2 Å². The number of Topliss-reactive ketones (excluding diaryl/α,β-unsaturated/α-hetero) is 1. The Kier molecular flexibility index (Phi) is 4.17. The van der Waals surface area contributed by atoms with Gasteiger partial charge in [-0.1, -0.05) is 42.5 Å². The molecule has 0 saturated heterocycles. The molecule has 2 atom stereocenters. The molecule has 1 amide bonds. The smallest absolute Gasteiger partial charge is 0.231 e. The van der Waals surface area contributed by atoms with Crippen molar-refractivity contribution in [2.45, 2.75) is 17.2 Å². The SMILES string of the molecule is CC(=O)c1cccc(NC(=O)[C@H]2[C@@H](c3ccccc3)C2(Cl)Cl)c1. The molecular weight excluding hydrogens is 333 g/mol. The van der Waals surface area contributed by atoms with Crippen LogP contribution in [0.1, 0.15) is 28.8 Å². The molecule has 0 bridgehead atoms. The Balaban J connectivity index is 1.77. The van der Waals surface area contributed by atoms with Gasteiger partial charge in [0.15, 0.2) is 5.78 Å². The quantitative estimate of drug-likeness (QED) is 0.657. The molecule has 1 aliphatic carbocycles. The number of halogens is 2. The average Bonchev–Trinajstić information content (AvgIpc) is 3.11. The van der Waals surface area contributed by atoms with Crippen LogP contribution in [-0.4, -0.2) is 16.0 Å². The summed E-state index contributed by atoms with van der Waals surface area (Å²) >= 11 is 12.6. The minimum atomic E-state index is -1.11. The van der Waals surface area contributed by atoms with E-state index < -0.39 is 10.3 Å². The van der Waals surface area contributed by atoms with Crippen molar-refractivity contribution in [2.75, 3.05) is 5.32 Å². The Labute approximate surface area is 144 Å². The number of benzene rings is 2. The van der Waals surface area contributed by atoms with Crippen molar-refractivity contribution in [2.24, 2.45) is 5.92 Å². The Bertz CT molecular complexity index is 759. The van der Waals surface area contributed by atoms with Crippen LogP contribution in [0, 0.1) is 5.92 Å². The van der Waals surface area contributed by atoms with E-state index >= 15 is 0 Å². The predicted molar refractivity (Wildman–Crippen MR) is 92.2 cm³/mol. The molecule has 0 aromatic heterocycles. The number of rotatable bonds is 4. The van der Waals surface area contributed by atoms with Gasteiger partial charge in [0.2, 0.25) is 5.91 Å². The lowest BCUT2D eigenvalue weighted by atomic mass is 10.1. The average molecular weight is 348 g/mol. The van der Waals surface area contributed by atoms with Crippen molar-refractivity contribution in [3.63, 3.8) is 0 Å². The topological polar surface area (TPSA) is 46.2 Å². The molecular formula is C18H15Cl2NO2. The Morgan fingerprint density at radius 3 is 2.39 bits per heavy atom. The molecule has 0 heterocycles. The van der Waals surface area contributed by atoms with Gasteiger partial charge in [-0.15, -0.1) is 23.2 Å². The Hall–Kier alpha value is -1.84. The summed E-state index contributed by atoms with van der Waals surface area (Å²) in [6.07, 6.45) is 0. The summed E-state index contributed by atoms with van der Waals surface area (Å²) in [5.74, 6) is -1.06. The lowest BCUT2D eigenvalue weighted by molar-refractivity contribution is -0.117. The zero-order valence-electron chi connectivity index (χ0n) is 12.4. The fraction of sp³-hybridized carbons (Fsp3) is 0.222. The largest absolute Gasteiger partial charge is 0.326 e. The summed E-state index contributed by atoms with van der Waals surface area (Å²) in [5.41, 5.74) is 2.04. The fourth-order valence-electron chi connectivity index (χ4n) is 2.76. The molecule has 0 aliphatic heterocycles. The van der Waals surface area contributed by atoms with E-state index in [1.54, 1.807) is 24.3 Å². The first kappa shape index (κ1) is 16.0. The minimum Gasteiger partial charge on any atom is -0.326 e. The van der Waals surface area contributed by atoms with E-state index in [9.17, 15) is 9.59 Å². The van der Waals surface area contributed by atoms with Crippen LogP contribution in [0.2, 0.25) is 0 Å². The van der Waals surface area contributed by atoms with E-state index in [0.717, 1.165) is 5.56 Å². The van der Waals surface area contributed by atoms with E-state index in [0.29, 0.717) is 11.3 Å². The summed E-state index contributed by atoms with van der Waals surface area (Å²) in [7, 11) is 0. The van der Waals surface area contributed by atoms with Gasteiger partial charge in [-0.3, -0.25) is 9.59 Å². The van der Waals surface area contributed by atoms with Crippen LogP contribution in [0.15, 0.2) is 54.6 Å². The second kappa shape index (κ2) is 5.99. The van der Waals surface area contributed by atoms with E-state index in [4.69, 9.17) is 23.2 Å². The number of amides is 1. The normalized spacial score (nSPS) is 21.5. The fourth-order valence-corrected chi connectivity index (χ4v) is 3.59. The molecule has 23 heavy (non-hydrogen) atoms. The molecule has 2 aromatic rings. The van der Waals surface area contributed by atoms with Crippen LogP contribution in [0.5, 0.6) is 0 Å². The Morgan fingerprint density at radius 2 is 1.74 bits per heavy atom. The zero-order valence-corrected chi connectivity index (χ0v) is 13.9. The van der Waals surface area contributed by atoms with Gasteiger partial charge in [-0.25, -0.2) is 0 Å². The van der Waals surface area contributed by atoms with Crippen molar-refractivity contribution < 1.29 is 9.59 Å². The van der Waals surface area contributed by atoms with Crippen molar-refractivity contribution in [1.82, 2.24) is 0 Å². The molecule has 5 heteroatoms. The van der Waals surface area contributed by atoms with Crippen molar-refractivity contribution >= 4 is 40.6 Å². The highest BCUT2D eigenvalue weighted by atomic mass is 35.5. The first-order valence-electron chi connectivity index (χ1n) is 7.26. The summed E-state index contributed by atoms with van der Waals surface area (Å²) in [6.45, 7) is 1.48. The van der Waals surface area contributed by atoms with Crippen LogP contribution in [0.3, 0.4) is 0 Å². The highest BCUT2D eigenvalue weighted by Crippen LogP contribution is 2.65. The summed E-state index contributed by atoms with van der Waals surface area (Å²) < 4.78 is -1.11. The molecule has 1 N–H and O–H groups in total. The van der Waals surface area contributed by atoms with Gasteiger partial charge in [-0.05, 0) is 24.6 Å². The first-order valence-corrected chi connectivity index (χ1v) is 8.01. The third-order valence-electron chi connectivity index (χ3n) is 4.03. The molecule has 0 unspecified atom stereocenters. The molecule has 3 rings (SSSR count). The highest BCUT2D eigenvalue weighted by Gasteiger charge is 2.67. The predicted octanol–water partition coefficient (Wildman–Crippen LogP) is 4.42. The van der Waals surface area contributed by atoms with Gasteiger partial charge < -0.3 is 5.32 Å². The summed E-state index contributed by atoms with van der Waals surface area (Å²) in [5, 5.41) is 2.79. The van der Waals surface area contributed by atoms with E-state index in [1.165, 1.54) is 6.92 Å².